The van der Waals surface area contributed by atoms with Gasteiger partial charge in [0.2, 0.25) is 0 Å². The summed E-state index contributed by atoms with van der Waals surface area (Å²) in [5.41, 5.74) is 1.59. The summed E-state index contributed by atoms with van der Waals surface area (Å²) in [7, 11) is 1.43. The molecule has 0 amide bonds. The first-order chi connectivity index (χ1) is 12.2. The SMILES string of the molecule is O=C(/C=C/[C@H]1[C@H](PPBO)CC2OC(=O)C[C@@H]21)CCc1ccccc1. The van der Waals surface area contributed by atoms with Gasteiger partial charge in [0, 0.05) is 12.3 Å². The lowest BCUT2D eigenvalue weighted by Gasteiger charge is -2.19. The van der Waals surface area contributed by atoms with Crippen LogP contribution in [0.15, 0.2) is 42.5 Å². The van der Waals surface area contributed by atoms with Crippen molar-refractivity contribution in [3.63, 3.8) is 0 Å². The van der Waals surface area contributed by atoms with E-state index in [2.05, 4.69) is 0 Å². The topological polar surface area (TPSA) is 63.6 Å². The Labute approximate surface area is 152 Å². The molecule has 2 aliphatic rings. The summed E-state index contributed by atoms with van der Waals surface area (Å²) in [5.74, 6) is 0.431. The Kier molecular flexibility index (Phi) is 6.81. The largest absolute Gasteiger partial charge is 0.462 e. The molecule has 132 valence electrons. The second kappa shape index (κ2) is 9.08. The third-order valence-corrected chi connectivity index (χ3v) is 8.53. The van der Waals surface area contributed by atoms with Gasteiger partial charge in [-0.3, -0.25) is 9.59 Å². The molecule has 0 radical (unpaired) electrons. The molecule has 1 aliphatic carbocycles. The second-order valence-corrected chi connectivity index (χ2v) is 10.2. The number of allylic oxidation sites excluding steroid dienone is 2. The molecule has 3 rings (SSSR count). The predicted molar refractivity (Wildman–Crippen MR) is 105 cm³/mol. The summed E-state index contributed by atoms with van der Waals surface area (Å²) in [5, 5.41) is 9.12. The number of benzene rings is 1. The van der Waals surface area contributed by atoms with Crippen molar-refractivity contribution in [1.82, 2.24) is 0 Å². The molecule has 1 aromatic carbocycles. The highest BCUT2D eigenvalue weighted by Gasteiger charge is 2.48. The Hall–Kier alpha value is -1.02. The normalized spacial score (nSPS) is 29.1. The summed E-state index contributed by atoms with van der Waals surface area (Å²) in [6.45, 7) is 0. The van der Waals surface area contributed by atoms with E-state index < -0.39 is 0 Å². The number of hydrogen-bond acceptors (Lipinski definition) is 4. The Bertz CT molecular complexity index is 637. The molecule has 1 N–H and O–H groups in total. The van der Waals surface area contributed by atoms with E-state index in [4.69, 9.17) is 9.76 Å². The molecule has 1 saturated heterocycles. The van der Waals surface area contributed by atoms with Gasteiger partial charge in [0.25, 0.3) is 0 Å². The van der Waals surface area contributed by atoms with E-state index >= 15 is 0 Å². The molecule has 0 bridgehead atoms. The number of rotatable bonds is 8. The maximum absolute atomic E-state index is 12.2. The second-order valence-electron chi connectivity index (χ2n) is 6.61. The van der Waals surface area contributed by atoms with E-state index in [0.29, 0.717) is 34.9 Å². The maximum Gasteiger partial charge on any atom is 0.306 e. The third kappa shape index (κ3) is 5.00. The summed E-state index contributed by atoms with van der Waals surface area (Å²) >= 11 is 0. The Morgan fingerprint density at radius 3 is 2.92 bits per heavy atom. The molecule has 0 aromatic heterocycles. The number of hydrogen-bond donors (Lipinski definition) is 1. The monoisotopic (exact) mass is 376 g/mol. The fraction of sp³-hybridized carbons (Fsp3) is 0.444. The number of esters is 1. The van der Waals surface area contributed by atoms with Crippen LogP contribution in [0.4, 0.5) is 0 Å². The lowest BCUT2D eigenvalue weighted by Crippen LogP contribution is -2.15. The van der Waals surface area contributed by atoms with Crippen molar-refractivity contribution in [3.05, 3.63) is 48.0 Å². The number of aryl methyl sites for hydroxylation is 1. The van der Waals surface area contributed by atoms with Gasteiger partial charge < -0.3 is 9.76 Å². The number of carbonyl (C=O) groups is 2. The van der Waals surface area contributed by atoms with E-state index in [9.17, 15) is 9.59 Å². The van der Waals surface area contributed by atoms with Crippen molar-refractivity contribution in [2.24, 2.45) is 11.8 Å². The molecule has 3 unspecified atom stereocenters. The van der Waals surface area contributed by atoms with Gasteiger partial charge in [-0.15, -0.1) is 16.4 Å². The molecule has 2 fully saturated rings. The average Bonchev–Trinajstić information content (AvgIpc) is 3.13. The van der Waals surface area contributed by atoms with E-state index in [1.165, 1.54) is 5.56 Å². The zero-order valence-electron chi connectivity index (χ0n) is 14.1. The van der Waals surface area contributed by atoms with Gasteiger partial charge in [0.15, 0.2) is 5.78 Å². The molecule has 0 spiro atoms. The molecule has 6 atom stereocenters. The smallest absolute Gasteiger partial charge is 0.306 e. The van der Waals surface area contributed by atoms with Crippen LogP contribution < -0.4 is 0 Å². The zero-order chi connectivity index (χ0) is 17.6. The van der Waals surface area contributed by atoms with Crippen molar-refractivity contribution in [2.75, 3.05) is 0 Å². The van der Waals surface area contributed by atoms with Crippen LogP contribution in [0.2, 0.25) is 0 Å². The molecule has 25 heavy (non-hydrogen) atoms. The van der Waals surface area contributed by atoms with Crippen LogP contribution in [0.3, 0.4) is 0 Å². The first kappa shape index (κ1) is 18.8. The third-order valence-electron chi connectivity index (χ3n) is 4.98. The molecule has 1 aromatic rings. The molecule has 4 nitrogen and oxygen atoms in total. The first-order valence-electron chi connectivity index (χ1n) is 8.71. The van der Waals surface area contributed by atoms with E-state index in [0.717, 1.165) is 12.8 Å². The molecule has 1 heterocycles. The standard InChI is InChI=1S/C18H23BO4P2/c20-13(7-6-12-4-2-1-3-5-12)8-9-14-15-10-18(21)23-16(15)11-17(14)24-25-19-22/h1-5,8-9,14-17,19,22,24-25H,6-7,10-11H2/b9-8+/t14-,15-,16?,17-/m1/s1. The Morgan fingerprint density at radius 1 is 1.36 bits per heavy atom. The minimum Gasteiger partial charge on any atom is -0.462 e. The lowest BCUT2D eigenvalue weighted by molar-refractivity contribution is -0.141. The summed E-state index contributed by atoms with van der Waals surface area (Å²) in [6.07, 6.45) is 6.30. The molecular formula is C18H23BO4P2. The van der Waals surface area contributed by atoms with Gasteiger partial charge in [-0.25, -0.2) is 0 Å². The quantitative estimate of drug-likeness (QED) is 0.328. The van der Waals surface area contributed by atoms with E-state index in [1.54, 1.807) is 6.08 Å². The number of carbonyl (C=O) groups excluding carboxylic acids is 2. The van der Waals surface area contributed by atoms with Crippen LogP contribution >= 0.6 is 16.4 Å². The summed E-state index contributed by atoms with van der Waals surface area (Å²) in [4.78, 5) is 23.8. The molecular weight excluding hydrogens is 353 g/mol. The van der Waals surface area contributed by atoms with Gasteiger partial charge in [0.1, 0.15) is 6.10 Å². The van der Waals surface area contributed by atoms with Crippen LogP contribution in [-0.4, -0.2) is 35.7 Å². The molecule has 7 heteroatoms. The van der Waals surface area contributed by atoms with E-state index in [1.807, 2.05) is 36.4 Å². The molecule has 1 saturated carbocycles. The van der Waals surface area contributed by atoms with Crippen LogP contribution in [0.25, 0.3) is 0 Å². The van der Waals surface area contributed by atoms with Crippen molar-refractivity contribution >= 4 is 35.4 Å². The van der Waals surface area contributed by atoms with Crippen LogP contribution in [0.5, 0.6) is 0 Å². The fourth-order valence-electron chi connectivity index (χ4n) is 3.76. The summed E-state index contributed by atoms with van der Waals surface area (Å²) < 4.78 is 5.43. The van der Waals surface area contributed by atoms with Crippen molar-refractivity contribution in [1.29, 1.82) is 0 Å². The highest BCUT2D eigenvalue weighted by atomic mass is 32.0. The Morgan fingerprint density at radius 2 is 2.16 bits per heavy atom. The number of ether oxygens (including phenoxy) is 1. The predicted octanol–water partition coefficient (Wildman–Crippen LogP) is 2.60. The minimum absolute atomic E-state index is 0.00237. The van der Waals surface area contributed by atoms with E-state index in [-0.39, 0.29) is 36.9 Å². The maximum atomic E-state index is 12.2. The van der Waals surface area contributed by atoms with Gasteiger partial charge in [-0.2, -0.15) is 0 Å². The van der Waals surface area contributed by atoms with Crippen molar-refractivity contribution < 1.29 is 19.3 Å². The van der Waals surface area contributed by atoms with Crippen molar-refractivity contribution in [3.8, 4) is 0 Å². The highest BCUT2D eigenvalue weighted by molar-refractivity contribution is 8.24. The fourth-order valence-corrected chi connectivity index (χ4v) is 7.01. The lowest BCUT2D eigenvalue weighted by atomic mass is 9.92. The van der Waals surface area contributed by atoms with Crippen molar-refractivity contribution in [2.45, 2.75) is 37.4 Å². The van der Waals surface area contributed by atoms with Gasteiger partial charge in [0.05, 0.1) is 6.42 Å². The number of fused-ring (bicyclic) bond motifs is 1. The number of ketones is 1. The van der Waals surface area contributed by atoms with Gasteiger partial charge in [-0.05, 0) is 36.1 Å². The molecule has 1 aliphatic heterocycles. The first-order valence-corrected chi connectivity index (χ1v) is 12.0. The van der Waals surface area contributed by atoms with Crippen LogP contribution in [0.1, 0.15) is 24.8 Å². The highest BCUT2D eigenvalue weighted by Crippen LogP contribution is 2.54. The minimum atomic E-state index is -0.116. The zero-order valence-corrected chi connectivity index (χ0v) is 16.1. The van der Waals surface area contributed by atoms with Gasteiger partial charge >= 0.3 is 13.2 Å². The average molecular weight is 376 g/mol. The van der Waals surface area contributed by atoms with Crippen LogP contribution in [-0.2, 0) is 20.7 Å². The Balaban J connectivity index is 1.58. The van der Waals surface area contributed by atoms with Gasteiger partial charge in [-0.1, -0.05) is 36.4 Å². The summed E-state index contributed by atoms with van der Waals surface area (Å²) in [6, 6.07) is 10.0. The van der Waals surface area contributed by atoms with Crippen LogP contribution in [0, 0.1) is 11.8 Å².